The van der Waals surface area contributed by atoms with E-state index in [1.54, 1.807) is 0 Å². The van der Waals surface area contributed by atoms with Gasteiger partial charge in [-0.25, -0.2) is 0 Å². The number of nitriles is 1. The van der Waals surface area contributed by atoms with Gasteiger partial charge in [-0.1, -0.05) is 30.7 Å². The molecule has 2 atom stereocenters. The quantitative estimate of drug-likeness (QED) is 0.876. The van der Waals surface area contributed by atoms with E-state index in [1.807, 2.05) is 0 Å². The largest absolute Gasteiger partial charge is 0.309 e. The predicted molar refractivity (Wildman–Crippen MR) is 72.0 cm³/mol. The Kier molecular flexibility index (Phi) is 3.34. The molecule has 0 heterocycles. The summed E-state index contributed by atoms with van der Waals surface area (Å²) in [5, 5.41) is 12.7. The Hall–Kier alpha value is -1.33. The Morgan fingerprint density at radius 1 is 1.17 bits per heavy atom. The number of nitrogens with one attached hydrogen (secondary N) is 1. The average Bonchev–Trinajstić information content (AvgIpc) is 3.15. The van der Waals surface area contributed by atoms with Crippen LogP contribution in [0.5, 0.6) is 0 Å². The van der Waals surface area contributed by atoms with Gasteiger partial charge in [0.25, 0.3) is 0 Å². The molecule has 1 aromatic rings. The molecule has 3 rings (SSSR count). The van der Waals surface area contributed by atoms with Crippen LogP contribution in [-0.4, -0.2) is 6.04 Å². The zero-order valence-electron chi connectivity index (χ0n) is 10.7. The molecule has 1 aromatic carbocycles. The number of nitrogens with zero attached hydrogens (tertiary/aromatic N) is 1. The van der Waals surface area contributed by atoms with E-state index < -0.39 is 0 Å². The number of rotatable bonds is 4. The second kappa shape index (κ2) is 5.12. The lowest BCUT2D eigenvalue weighted by molar-refractivity contribution is 0.463. The molecule has 0 bridgehead atoms. The molecule has 18 heavy (non-hydrogen) atoms. The first-order chi connectivity index (χ1) is 8.88. The van der Waals surface area contributed by atoms with Crippen molar-refractivity contribution in [2.24, 2.45) is 5.92 Å². The zero-order chi connectivity index (χ0) is 12.4. The van der Waals surface area contributed by atoms with Crippen LogP contribution in [0.25, 0.3) is 0 Å². The third-order valence-electron chi connectivity index (χ3n) is 4.31. The van der Waals surface area contributed by atoms with Gasteiger partial charge in [-0.2, -0.15) is 5.26 Å². The monoisotopic (exact) mass is 240 g/mol. The average molecular weight is 240 g/mol. The summed E-state index contributed by atoms with van der Waals surface area (Å²) < 4.78 is 0. The van der Waals surface area contributed by atoms with Gasteiger partial charge in [0.05, 0.1) is 12.0 Å². The number of hydrogen-bond acceptors (Lipinski definition) is 2. The van der Waals surface area contributed by atoms with E-state index in [-0.39, 0.29) is 5.92 Å². The van der Waals surface area contributed by atoms with Crippen molar-refractivity contribution in [2.45, 2.75) is 50.6 Å². The van der Waals surface area contributed by atoms with Crippen LogP contribution in [0.2, 0.25) is 0 Å². The van der Waals surface area contributed by atoms with Crippen molar-refractivity contribution in [1.29, 1.82) is 5.26 Å². The summed E-state index contributed by atoms with van der Waals surface area (Å²) in [6.07, 6.45) is 6.12. The first-order valence-electron chi connectivity index (χ1n) is 7.09. The van der Waals surface area contributed by atoms with Gasteiger partial charge in [-0.3, -0.25) is 0 Å². The van der Waals surface area contributed by atoms with E-state index in [0.29, 0.717) is 6.04 Å². The molecule has 0 radical (unpaired) electrons. The molecule has 2 unspecified atom stereocenters. The Balaban J connectivity index is 1.64. The molecule has 0 amide bonds. The zero-order valence-corrected chi connectivity index (χ0v) is 10.7. The fourth-order valence-electron chi connectivity index (χ4n) is 3.09. The van der Waals surface area contributed by atoms with E-state index in [9.17, 15) is 0 Å². The van der Waals surface area contributed by atoms with Crippen LogP contribution in [0.15, 0.2) is 24.3 Å². The van der Waals surface area contributed by atoms with Crippen molar-refractivity contribution in [1.82, 2.24) is 5.32 Å². The highest BCUT2D eigenvalue weighted by molar-refractivity contribution is 5.33. The van der Waals surface area contributed by atoms with Crippen LogP contribution in [0, 0.1) is 17.2 Å². The van der Waals surface area contributed by atoms with Crippen LogP contribution in [-0.2, 0) is 6.54 Å². The highest BCUT2D eigenvalue weighted by Crippen LogP contribution is 2.41. The summed E-state index contributed by atoms with van der Waals surface area (Å²) in [4.78, 5) is 0. The topological polar surface area (TPSA) is 35.8 Å². The Morgan fingerprint density at radius 2 is 2.00 bits per heavy atom. The molecule has 2 heteroatoms. The molecule has 0 spiro atoms. The minimum atomic E-state index is 0.220. The van der Waals surface area contributed by atoms with E-state index in [0.717, 1.165) is 25.3 Å². The number of benzene rings is 1. The van der Waals surface area contributed by atoms with Crippen molar-refractivity contribution < 1.29 is 0 Å². The molecule has 2 aliphatic carbocycles. The molecular formula is C16H20N2. The van der Waals surface area contributed by atoms with E-state index in [1.165, 1.54) is 30.4 Å². The Morgan fingerprint density at radius 3 is 2.78 bits per heavy atom. The van der Waals surface area contributed by atoms with E-state index in [4.69, 9.17) is 5.26 Å². The molecule has 2 nitrogen and oxygen atoms in total. The molecular weight excluding hydrogens is 220 g/mol. The lowest BCUT2D eigenvalue weighted by atomic mass is 10.0. The van der Waals surface area contributed by atoms with Crippen molar-refractivity contribution in [3.63, 3.8) is 0 Å². The molecule has 0 aliphatic heterocycles. The van der Waals surface area contributed by atoms with Gasteiger partial charge in [0, 0.05) is 12.6 Å². The summed E-state index contributed by atoms with van der Waals surface area (Å²) in [5.41, 5.74) is 2.96. The van der Waals surface area contributed by atoms with Crippen molar-refractivity contribution in [3.05, 3.63) is 35.4 Å². The first kappa shape index (κ1) is 11.7. The minimum Gasteiger partial charge on any atom is -0.309 e. The van der Waals surface area contributed by atoms with Gasteiger partial charge in [0.2, 0.25) is 0 Å². The van der Waals surface area contributed by atoms with E-state index >= 15 is 0 Å². The Bertz CT molecular complexity index is 456. The second-order valence-corrected chi connectivity index (χ2v) is 5.63. The first-order valence-corrected chi connectivity index (χ1v) is 7.09. The van der Waals surface area contributed by atoms with Crippen LogP contribution in [0.4, 0.5) is 0 Å². The molecule has 1 N–H and O–H groups in total. The van der Waals surface area contributed by atoms with Gasteiger partial charge < -0.3 is 5.32 Å². The van der Waals surface area contributed by atoms with Crippen molar-refractivity contribution >= 4 is 0 Å². The molecule has 0 aromatic heterocycles. The predicted octanol–water partition coefficient (Wildman–Crippen LogP) is 3.35. The summed E-state index contributed by atoms with van der Waals surface area (Å²) in [5.74, 6) is 1.02. The molecule has 2 saturated carbocycles. The third kappa shape index (κ3) is 2.42. The third-order valence-corrected chi connectivity index (χ3v) is 4.31. The molecule has 0 saturated heterocycles. The van der Waals surface area contributed by atoms with Gasteiger partial charge in [0.15, 0.2) is 0 Å². The summed E-state index contributed by atoms with van der Waals surface area (Å²) in [7, 11) is 0. The maximum absolute atomic E-state index is 9.10. The lowest BCUT2D eigenvalue weighted by Gasteiger charge is -2.17. The van der Waals surface area contributed by atoms with Crippen LogP contribution < -0.4 is 5.32 Å². The normalized spacial score (nSPS) is 27.1. The minimum absolute atomic E-state index is 0.220. The fourth-order valence-corrected chi connectivity index (χ4v) is 3.09. The van der Waals surface area contributed by atoms with Crippen LogP contribution >= 0.6 is 0 Å². The van der Waals surface area contributed by atoms with Crippen molar-refractivity contribution in [3.8, 4) is 6.07 Å². The fraction of sp³-hybridized carbons (Fsp3) is 0.562. The van der Waals surface area contributed by atoms with Crippen LogP contribution in [0.3, 0.4) is 0 Å². The second-order valence-electron chi connectivity index (χ2n) is 5.63. The van der Waals surface area contributed by atoms with Crippen LogP contribution in [0.1, 0.15) is 49.1 Å². The summed E-state index contributed by atoms with van der Waals surface area (Å²) in [6, 6.07) is 11.6. The van der Waals surface area contributed by atoms with Gasteiger partial charge in [-0.05, 0) is 42.7 Å². The standard InChI is InChI=1S/C16H20N2/c17-10-13-5-3-7-16(13)18-11-14-4-1-2-6-15(14)12-8-9-12/h1-2,4,6,12-13,16,18H,3,5,7-9,11H2. The summed E-state index contributed by atoms with van der Waals surface area (Å²) in [6.45, 7) is 0.926. The lowest BCUT2D eigenvalue weighted by Crippen LogP contribution is -2.31. The van der Waals surface area contributed by atoms with Crippen molar-refractivity contribution in [2.75, 3.05) is 0 Å². The Labute approximate surface area is 109 Å². The SMILES string of the molecule is N#CC1CCCC1NCc1ccccc1C1CC1. The van der Waals surface area contributed by atoms with E-state index in [2.05, 4.69) is 35.7 Å². The van der Waals surface area contributed by atoms with Gasteiger partial charge >= 0.3 is 0 Å². The highest BCUT2D eigenvalue weighted by Gasteiger charge is 2.28. The summed E-state index contributed by atoms with van der Waals surface area (Å²) >= 11 is 0. The molecule has 2 fully saturated rings. The van der Waals surface area contributed by atoms with Gasteiger partial charge in [0.1, 0.15) is 0 Å². The maximum atomic E-state index is 9.10. The molecule has 2 aliphatic rings. The smallest absolute Gasteiger partial charge is 0.0672 e. The molecule has 94 valence electrons. The number of hydrogen-bond donors (Lipinski definition) is 1. The highest BCUT2D eigenvalue weighted by atomic mass is 14.9. The maximum Gasteiger partial charge on any atom is 0.0672 e. The van der Waals surface area contributed by atoms with Gasteiger partial charge in [-0.15, -0.1) is 0 Å².